The Morgan fingerprint density at radius 2 is 1.00 bits per heavy atom. The van der Waals surface area contributed by atoms with Crippen LogP contribution in [0.5, 0.6) is 0 Å². The largest absolute Gasteiger partial charge is 0.0776 e. The second-order valence-electron chi connectivity index (χ2n) is 8.80. The highest BCUT2D eigenvalue weighted by Crippen LogP contribution is 2.39. The molecule has 0 aliphatic heterocycles. The normalized spacial score (nSPS) is 18.8. The van der Waals surface area contributed by atoms with E-state index in [0.717, 1.165) is 23.7 Å². The highest BCUT2D eigenvalue weighted by Gasteiger charge is 2.28. The molecule has 1 saturated carbocycles. The average molecular weight is 365 g/mol. The zero-order chi connectivity index (χ0) is 17.6. The summed E-state index contributed by atoms with van der Waals surface area (Å²) in [6, 6.07) is 8.88. The van der Waals surface area contributed by atoms with Crippen LogP contribution in [0, 0.1) is 23.7 Å². The lowest BCUT2D eigenvalue weighted by molar-refractivity contribution is 0.340. The number of benzene rings is 1. The Balaban J connectivity index is -0.000000366. The van der Waals surface area contributed by atoms with Gasteiger partial charge in [0.15, 0.2) is 0 Å². The third kappa shape index (κ3) is 9.79. The van der Waals surface area contributed by atoms with Crippen molar-refractivity contribution in [2.45, 2.75) is 109 Å². The van der Waals surface area contributed by atoms with Gasteiger partial charge in [0.25, 0.3) is 0 Å². The molecule has 2 atom stereocenters. The Kier molecular flexibility index (Phi) is 16.5. The maximum Gasteiger partial charge on any atom is -0.0219 e. The Morgan fingerprint density at radius 3 is 1.23 bits per heavy atom. The topological polar surface area (TPSA) is 0 Å². The highest BCUT2D eigenvalue weighted by atomic mass is 14.3. The second kappa shape index (κ2) is 14.3. The van der Waals surface area contributed by atoms with Crippen molar-refractivity contribution in [2.75, 3.05) is 0 Å². The maximum absolute atomic E-state index is 2.37. The van der Waals surface area contributed by atoms with Gasteiger partial charge >= 0.3 is 0 Å². The lowest BCUT2D eigenvalue weighted by Crippen LogP contribution is -2.07. The van der Waals surface area contributed by atoms with Gasteiger partial charge in [0, 0.05) is 0 Å². The zero-order valence-corrected chi connectivity index (χ0v) is 16.9. The second-order valence-corrected chi connectivity index (χ2v) is 8.80. The van der Waals surface area contributed by atoms with E-state index in [1.54, 1.807) is 0 Å². The van der Waals surface area contributed by atoms with E-state index in [1.807, 2.05) is 0 Å². The summed E-state index contributed by atoms with van der Waals surface area (Å²) in [6.07, 6.45) is 4.47. The standard InChI is InChI=1S/C12H18.C11H22.3CH4/c1-9(2)11-6-5-7-12(8-11)10(3)4;1-8(2)10-5-6-11(7-10)9(3)4;;;/h5-10H,1-4H3;8-11H,5-7H2,1-4H3;3*1H4. The van der Waals surface area contributed by atoms with Crippen LogP contribution < -0.4 is 0 Å². The minimum Gasteiger partial charge on any atom is -0.0776 e. The first-order valence-corrected chi connectivity index (χ1v) is 9.82. The summed E-state index contributed by atoms with van der Waals surface area (Å²) in [4.78, 5) is 0. The van der Waals surface area contributed by atoms with E-state index in [4.69, 9.17) is 0 Å². The van der Waals surface area contributed by atoms with Gasteiger partial charge in [-0.3, -0.25) is 0 Å². The van der Waals surface area contributed by atoms with Crippen LogP contribution in [0.4, 0.5) is 0 Å². The molecular weight excluding hydrogens is 312 g/mol. The van der Waals surface area contributed by atoms with Crippen molar-refractivity contribution in [3.05, 3.63) is 35.4 Å². The molecule has 156 valence electrons. The van der Waals surface area contributed by atoms with Crippen LogP contribution in [0.25, 0.3) is 0 Å². The molecule has 1 fully saturated rings. The fourth-order valence-corrected chi connectivity index (χ4v) is 3.54. The summed E-state index contributed by atoms with van der Waals surface area (Å²) in [5.41, 5.74) is 2.89. The van der Waals surface area contributed by atoms with Crippen LogP contribution in [0.3, 0.4) is 0 Å². The Hall–Kier alpha value is -0.780. The maximum atomic E-state index is 2.37. The number of hydrogen-bond acceptors (Lipinski definition) is 0. The summed E-state index contributed by atoms with van der Waals surface area (Å²) < 4.78 is 0. The molecule has 0 heterocycles. The first-order valence-electron chi connectivity index (χ1n) is 9.82. The lowest BCUT2D eigenvalue weighted by Gasteiger charge is -2.16. The molecule has 26 heavy (non-hydrogen) atoms. The molecule has 0 saturated heterocycles. The highest BCUT2D eigenvalue weighted by molar-refractivity contribution is 5.27. The van der Waals surface area contributed by atoms with Crippen LogP contribution in [-0.4, -0.2) is 0 Å². The minimum atomic E-state index is 0. The third-order valence-electron chi connectivity index (χ3n) is 5.64. The lowest BCUT2D eigenvalue weighted by atomic mass is 9.89. The van der Waals surface area contributed by atoms with Gasteiger partial charge in [-0.25, -0.2) is 0 Å². The predicted octanol–water partition coefficient (Wildman–Crippen LogP) is 9.56. The fraction of sp³-hybridized carbons (Fsp3) is 0.769. The van der Waals surface area contributed by atoms with Crippen molar-refractivity contribution < 1.29 is 0 Å². The summed E-state index contributed by atoms with van der Waals surface area (Å²) in [6.45, 7) is 18.4. The van der Waals surface area contributed by atoms with Gasteiger partial charge in [-0.05, 0) is 65.9 Å². The number of hydrogen-bond donors (Lipinski definition) is 0. The minimum absolute atomic E-state index is 0. The van der Waals surface area contributed by atoms with Crippen molar-refractivity contribution in [1.29, 1.82) is 0 Å². The molecule has 0 N–H and O–H groups in total. The van der Waals surface area contributed by atoms with E-state index in [9.17, 15) is 0 Å². The van der Waals surface area contributed by atoms with Gasteiger partial charge in [0.2, 0.25) is 0 Å². The van der Waals surface area contributed by atoms with Crippen LogP contribution in [0.2, 0.25) is 0 Å². The van der Waals surface area contributed by atoms with E-state index < -0.39 is 0 Å². The first kappa shape index (κ1) is 30.0. The fourth-order valence-electron chi connectivity index (χ4n) is 3.54. The molecule has 0 bridgehead atoms. The van der Waals surface area contributed by atoms with Gasteiger partial charge in [-0.1, -0.05) is 102 Å². The number of rotatable bonds is 4. The van der Waals surface area contributed by atoms with E-state index in [-0.39, 0.29) is 22.3 Å². The molecule has 0 aromatic heterocycles. The van der Waals surface area contributed by atoms with Crippen molar-refractivity contribution in [3.8, 4) is 0 Å². The van der Waals surface area contributed by atoms with Crippen LogP contribution in [0.15, 0.2) is 24.3 Å². The van der Waals surface area contributed by atoms with Crippen LogP contribution in [0.1, 0.15) is 120 Å². The van der Waals surface area contributed by atoms with Crippen molar-refractivity contribution >= 4 is 0 Å². The molecule has 0 spiro atoms. The summed E-state index contributed by atoms with van der Waals surface area (Å²) in [5.74, 6) is 5.18. The Labute approximate surface area is 168 Å². The average Bonchev–Trinajstić information content (AvgIpc) is 2.98. The van der Waals surface area contributed by atoms with Crippen molar-refractivity contribution in [3.63, 3.8) is 0 Å². The molecule has 2 unspecified atom stereocenters. The summed E-state index contributed by atoms with van der Waals surface area (Å²) in [5, 5.41) is 0. The molecular formula is C26H52. The van der Waals surface area contributed by atoms with Gasteiger partial charge < -0.3 is 0 Å². The molecule has 0 nitrogen and oxygen atoms in total. The molecule has 1 aromatic rings. The van der Waals surface area contributed by atoms with Gasteiger partial charge in [0.1, 0.15) is 0 Å². The first-order chi connectivity index (χ1) is 10.7. The molecule has 0 amide bonds. The monoisotopic (exact) mass is 364 g/mol. The van der Waals surface area contributed by atoms with Crippen LogP contribution in [-0.2, 0) is 0 Å². The third-order valence-corrected chi connectivity index (χ3v) is 5.64. The summed E-state index contributed by atoms with van der Waals surface area (Å²) >= 11 is 0. The Morgan fingerprint density at radius 1 is 0.654 bits per heavy atom. The van der Waals surface area contributed by atoms with E-state index in [2.05, 4.69) is 79.7 Å². The SMILES string of the molecule is C.C.C.CC(C)C1CCC(C(C)C)C1.CC(C)c1cccc(C(C)C)c1. The van der Waals surface area contributed by atoms with E-state index in [1.165, 1.54) is 30.4 Å². The van der Waals surface area contributed by atoms with Crippen molar-refractivity contribution in [1.82, 2.24) is 0 Å². The summed E-state index contributed by atoms with van der Waals surface area (Å²) in [7, 11) is 0. The zero-order valence-electron chi connectivity index (χ0n) is 16.9. The smallest absolute Gasteiger partial charge is 0.0219 e. The molecule has 1 aliphatic carbocycles. The molecule has 1 aliphatic rings. The quantitative estimate of drug-likeness (QED) is 0.499. The van der Waals surface area contributed by atoms with E-state index in [0.29, 0.717) is 11.8 Å². The molecule has 2 rings (SSSR count). The van der Waals surface area contributed by atoms with Crippen LogP contribution >= 0.6 is 0 Å². The molecule has 1 aromatic carbocycles. The van der Waals surface area contributed by atoms with E-state index >= 15 is 0 Å². The predicted molar refractivity (Wildman–Crippen MR) is 125 cm³/mol. The van der Waals surface area contributed by atoms with Gasteiger partial charge in [-0.15, -0.1) is 0 Å². The molecule has 0 heteroatoms. The Bertz CT molecular complexity index is 402. The molecule has 0 radical (unpaired) electrons. The van der Waals surface area contributed by atoms with Crippen molar-refractivity contribution in [2.24, 2.45) is 23.7 Å². The van der Waals surface area contributed by atoms with Gasteiger partial charge in [-0.2, -0.15) is 0 Å². The van der Waals surface area contributed by atoms with Gasteiger partial charge in [0.05, 0.1) is 0 Å².